The van der Waals surface area contributed by atoms with Crippen LogP contribution in [0.25, 0.3) is 17.0 Å². The van der Waals surface area contributed by atoms with Gasteiger partial charge in [0.15, 0.2) is 0 Å². The third-order valence-electron chi connectivity index (χ3n) is 6.94. The van der Waals surface area contributed by atoms with E-state index >= 15 is 0 Å². The molecule has 6 rings (SSSR count). The Bertz CT molecular complexity index is 1520. The molecule has 0 aromatic carbocycles. The van der Waals surface area contributed by atoms with Gasteiger partial charge in [0, 0.05) is 43.8 Å². The lowest BCUT2D eigenvalue weighted by Gasteiger charge is -2.42. The molecule has 5 heterocycles. The number of pyridine rings is 1. The first-order chi connectivity index (χ1) is 17.8. The van der Waals surface area contributed by atoms with Gasteiger partial charge in [-0.25, -0.2) is 15.0 Å². The molecule has 0 unspecified atom stereocenters. The number of amides is 1. The summed E-state index contributed by atoms with van der Waals surface area (Å²) in [5.41, 5.74) is 0.236. The minimum absolute atomic E-state index is 0.179. The number of halogens is 3. The highest BCUT2D eigenvalue weighted by Crippen LogP contribution is 2.48. The average molecular weight is 507 g/mol. The van der Waals surface area contributed by atoms with E-state index in [1.807, 2.05) is 4.90 Å². The first kappa shape index (κ1) is 23.0. The predicted molar refractivity (Wildman–Crippen MR) is 124 cm³/mol. The van der Waals surface area contributed by atoms with Crippen LogP contribution in [0.4, 0.5) is 19.1 Å². The molecule has 0 radical (unpaired) electrons. The number of aromatic nitrogens is 6. The smallest absolute Gasteiger partial charge is 0.337 e. The highest BCUT2D eigenvalue weighted by atomic mass is 19.4. The topological polar surface area (TPSA) is 119 Å². The fraction of sp³-hybridized carbons (Fsp3) is 0.333. The number of rotatable bonds is 4. The number of H-pyrrole nitrogens is 1. The minimum atomic E-state index is -4.49. The average Bonchev–Trinajstić information content (AvgIpc) is 3.30. The number of nitrogens with one attached hydrogen (secondary N) is 1. The maximum absolute atomic E-state index is 13.3. The van der Waals surface area contributed by atoms with Crippen molar-refractivity contribution in [3.05, 3.63) is 60.3 Å². The van der Waals surface area contributed by atoms with Crippen molar-refractivity contribution in [3.63, 3.8) is 0 Å². The van der Waals surface area contributed by atoms with Gasteiger partial charge in [-0.05, 0) is 31.0 Å². The molecule has 1 N–H and O–H groups in total. The van der Waals surface area contributed by atoms with E-state index < -0.39 is 17.2 Å². The summed E-state index contributed by atoms with van der Waals surface area (Å²) in [5, 5.41) is 16.3. The van der Waals surface area contributed by atoms with E-state index in [-0.39, 0.29) is 11.9 Å². The molecular weight excluding hydrogens is 487 g/mol. The Hall–Kier alpha value is -4.47. The van der Waals surface area contributed by atoms with Gasteiger partial charge < -0.3 is 9.80 Å². The van der Waals surface area contributed by atoms with Gasteiger partial charge in [0.25, 0.3) is 0 Å². The van der Waals surface area contributed by atoms with Gasteiger partial charge in [-0.2, -0.15) is 23.5 Å². The van der Waals surface area contributed by atoms with Gasteiger partial charge in [-0.1, -0.05) is 0 Å². The summed E-state index contributed by atoms with van der Waals surface area (Å²) < 4.78 is 41.2. The molecule has 2 fully saturated rings. The number of fused-ring (bicyclic) bond motifs is 1. The van der Waals surface area contributed by atoms with Crippen LogP contribution in [0.15, 0.2) is 49.2 Å². The number of carbonyl (C=O) groups excluding carboxylic acids is 1. The summed E-state index contributed by atoms with van der Waals surface area (Å²) in [4.78, 5) is 30.1. The number of hydrogen-bond donors (Lipinski definition) is 1. The Balaban J connectivity index is 1.32. The van der Waals surface area contributed by atoms with Gasteiger partial charge in [0.1, 0.15) is 11.1 Å². The first-order valence-electron chi connectivity index (χ1n) is 11.6. The number of piperazine rings is 1. The molecule has 1 aliphatic heterocycles. The van der Waals surface area contributed by atoms with Crippen molar-refractivity contribution in [1.29, 1.82) is 5.26 Å². The first-order valence-corrected chi connectivity index (χ1v) is 11.6. The van der Waals surface area contributed by atoms with Crippen LogP contribution < -0.4 is 4.90 Å². The molecule has 0 spiro atoms. The second-order valence-electron chi connectivity index (χ2n) is 9.21. The number of hydrogen-bond acceptors (Lipinski definition) is 7. The molecule has 4 aromatic heterocycles. The van der Waals surface area contributed by atoms with Gasteiger partial charge in [0.05, 0.1) is 41.5 Å². The third-order valence-corrected chi connectivity index (χ3v) is 6.94. The molecule has 1 amide bonds. The van der Waals surface area contributed by atoms with E-state index in [4.69, 9.17) is 0 Å². The molecule has 0 bridgehead atoms. The largest absolute Gasteiger partial charge is 0.417 e. The molecule has 1 saturated heterocycles. The lowest BCUT2D eigenvalue weighted by molar-refractivity contribution is -0.138. The minimum Gasteiger partial charge on any atom is -0.337 e. The summed E-state index contributed by atoms with van der Waals surface area (Å²) in [5.74, 6) is 0.197. The van der Waals surface area contributed by atoms with E-state index in [2.05, 4.69) is 31.2 Å². The number of nitrogens with zero attached hydrogens (tertiary/aromatic N) is 8. The van der Waals surface area contributed by atoms with Crippen LogP contribution in [0.5, 0.6) is 0 Å². The molecule has 37 heavy (non-hydrogen) atoms. The Morgan fingerprint density at radius 2 is 2.00 bits per heavy atom. The quantitative estimate of drug-likeness (QED) is 0.450. The molecule has 188 valence electrons. The van der Waals surface area contributed by atoms with Gasteiger partial charge in [-0.15, -0.1) is 0 Å². The van der Waals surface area contributed by atoms with Crippen LogP contribution in [0, 0.1) is 16.7 Å². The van der Waals surface area contributed by atoms with Crippen LogP contribution in [0.2, 0.25) is 0 Å². The Labute approximate surface area is 208 Å². The molecule has 2 aliphatic rings. The van der Waals surface area contributed by atoms with Crippen molar-refractivity contribution in [2.45, 2.75) is 25.1 Å². The monoisotopic (exact) mass is 507 g/mol. The van der Waals surface area contributed by atoms with Gasteiger partial charge in [0.2, 0.25) is 11.9 Å². The van der Waals surface area contributed by atoms with E-state index in [1.54, 1.807) is 29.6 Å². The van der Waals surface area contributed by atoms with Crippen molar-refractivity contribution in [2.75, 3.05) is 24.5 Å². The summed E-state index contributed by atoms with van der Waals surface area (Å²) in [6, 6.07) is 5.73. The van der Waals surface area contributed by atoms with Gasteiger partial charge in [-0.3, -0.25) is 14.3 Å². The zero-order chi connectivity index (χ0) is 25.8. The van der Waals surface area contributed by atoms with Crippen molar-refractivity contribution in [3.8, 4) is 17.5 Å². The Kier molecular flexibility index (Phi) is 5.15. The van der Waals surface area contributed by atoms with Crippen LogP contribution in [0.1, 0.15) is 30.0 Å². The Morgan fingerprint density at radius 1 is 1.16 bits per heavy atom. The fourth-order valence-corrected chi connectivity index (χ4v) is 4.69. The standard InChI is InChI=1S/C24H20F3N9O/c25-24(26,27)16-1-2-20-30-11-18(36(20)12-16)17-3-6-29-22(33-17)34-7-8-35(21(37)23(14-28)4-5-23)19(13-34)15-9-31-32-10-15/h1-3,6,9-12,19H,4-5,7-8,13H2,(H,31,32)/t19-/m1/s1. The lowest BCUT2D eigenvalue weighted by Crippen LogP contribution is -2.53. The predicted octanol–water partition coefficient (Wildman–Crippen LogP) is 3.23. The van der Waals surface area contributed by atoms with Crippen LogP contribution in [0.3, 0.4) is 0 Å². The molecule has 1 saturated carbocycles. The van der Waals surface area contributed by atoms with E-state index in [1.165, 1.54) is 16.7 Å². The van der Waals surface area contributed by atoms with Crippen LogP contribution in [-0.2, 0) is 11.0 Å². The van der Waals surface area contributed by atoms with E-state index in [9.17, 15) is 23.2 Å². The molecule has 13 heteroatoms. The zero-order valence-corrected chi connectivity index (χ0v) is 19.4. The van der Waals surface area contributed by atoms with Crippen molar-refractivity contribution < 1.29 is 18.0 Å². The summed E-state index contributed by atoms with van der Waals surface area (Å²) in [6.07, 6.45) is 4.01. The van der Waals surface area contributed by atoms with Crippen LogP contribution >= 0.6 is 0 Å². The zero-order valence-electron chi connectivity index (χ0n) is 19.4. The number of imidazole rings is 1. The highest BCUT2D eigenvalue weighted by molar-refractivity contribution is 5.89. The van der Waals surface area contributed by atoms with Crippen molar-refractivity contribution in [1.82, 2.24) is 34.4 Å². The molecular formula is C24H20F3N9O. The maximum Gasteiger partial charge on any atom is 0.417 e. The van der Waals surface area contributed by atoms with Crippen LogP contribution in [-0.4, -0.2) is 60.0 Å². The Morgan fingerprint density at radius 3 is 2.70 bits per heavy atom. The number of alkyl halides is 3. The molecule has 1 aliphatic carbocycles. The normalized spacial score (nSPS) is 19.1. The van der Waals surface area contributed by atoms with E-state index in [0.29, 0.717) is 55.5 Å². The number of aromatic amines is 1. The second-order valence-corrected chi connectivity index (χ2v) is 9.21. The number of anilines is 1. The van der Waals surface area contributed by atoms with Crippen molar-refractivity contribution in [2.24, 2.45) is 5.41 Å². The SMILES string of the molecule is N#CC1(C(=O)N2CCN(c3nccc(-c4cnc5ccc(C(F)(F)F)cn45)n3)C[C@@H]2c2cn[nH]c2)CC1. The van der Waals surface area contributed by atoms with Crippen molar-refractivity contribution >= 4 is 17.5 Å². The maximum atomic E-state index is 13.3. The molecule has 1 atom stereocenters. The molecule has 4 aromatic rings. The fourth-order valence-electron chi connectivity index (χ4n) is 4.69. The number of nitriles is 1. The highest BCUT2D eigenvalue weighted by Gasteiger charge is 2.54. The summed E-state index contributed by atoms with van der Waals surface area (Å²) in [7, 11) is 0. The number of carbonyl (C=O) groups is 1. The third kappa shape index (κ3) is 3.94. The second kappa shape index (κ2) is 8.29. The lowest BCUT2D eigenvalue weighted by atomic mass is 10.0. The van der Waals surface area contributed by atoms with Gasteiger partial charge >= 0.3 is 6.18 Å². The van der Waals surface area contributed by atoms with E-state index in [0.717, 1.165) is 17.8 Å². The summed E-state index contributed by atoms with van der Waals surface area (Å²) >= 11 is 0. The molecule has 10 nitrogen and oxygen atoms in total. The summed E-state index contributed by atoms with van der Waals surface area (Å²) in [6.45, 7) is 1.15.